The number of aromatic amines is 1. The molecule has 1 amide bonds. The van der Waals surface area contributed by atoms with Crippen molar-refractivity contribution < 1.29 is 4.79 Å². The molecule has 10 heteroatoms. The van der Waals surface area contributed by atoms with Gasteiger partial charge < -0.3 is 14.9 Å². The minimum atomic E-state index is -0.266. The van der Waals surface area contributed by atoms with Crippen LogP contribution in [0, 0.1) is 0 Å². The average Bonchev–Trinajstić information content (AvgIpc) is 3.44. The van der Waals surface area contributed by atoms with Gasteiger partial charge in [0.1, 0.15) is 22.7 Å². The van der Waals surface area contributed by atoms with Crippen molar-refractivity contribution in [2.45, 2.75) is 13.0 Å². The summed E-state index contributed by atoms with van der Waals surface area (Å²) in [4.78, 5) is 29.4. The normalized spacial score (nSPS) is 12.5. The lowest BCUT2D eigenvalue weighted by molar-refractivity contribution is 0.0939. The van der Waals surface area contributed by atoms with Crippen LogP contribution in [0.1, 0.15) is 29.1 Å². The average molecular weight is 435 g/mol. The molecule has 0 aliphatic heterocycles. The fourth-order valence-electron chi connectivity index (χ4n) is 3.73. The second-order valence-electron chi connectivity index (χ2n) is 7.38. The second-order valence-corrected chi connectivity index (χ2v) is 7.82. The summed E-state index contributed by atoms with van der Waals surface area (Å²) in [6, 6.07) is 5.31. The number of amides is 1. The van der Waals surface area contributed by atoms with Gasteiger partial charge in [0.15, 0.2) is 5.65 Å². The van der Waals surface area contributed by atoms with Crippen molar-refractivity contribution in [1.82, 2.24) is 39.6 Å². The molecule has 0 spiro atoms. The Hall–Kier alpha value is -3.72. The van der Waals surface area contributed by atoms with Crippen LogP contribution in [0.5, 0.6) is 0 Å². The molecule has 0 saturated carbocycles. The number of benzene rings is 1. The monoisotopic (exact) mass is 434 g/mol. The van der Waals surface area contributed by atoms with Crippen LogP contribution in [0.3, 0.4) is 0 Å². The molecule has 0 bridgehead atoms. The Morgan fingerprint density at radius 1 is 1.26 bits per heavy atom. The van der Waals surface area contributed by atoms with Crippen LogP contribution in [0.25, 0.3) is 33.5 Å². The zero-order valence-electron chi connectivity index (χ0n) is 17.1. The van der Waals surface area contributed by atoms with E-state index in [2.05, 4.69) is 25.4 Å². The van der Waals surface area contributed by atoms with E-state index in [-0.39, 0.29) is 11.9 Å². The summed E-state index contributed by atoms with van der Waals surface area (Å²) in [5.41, 5.74) is 3.56. The van der Waals surface area contributed by atoms with Crippen LogP contribution in [0.4, 0.5) is 0 Å². The summed E-state index contributed by atoms with van der Waals surface area (Å²) in [5, 5.41) is 9.11. The summed E-state index contributed by atoms with van der Waals surface area (Å²) in [6.45, 7) is 1.89. The molecule has 4 aromatic heterocycles. The van der Waals surface area contributed by atoms with Gasteiger partial charge in [0.25, 0.3) is 5.91 Å². The molecule has 0 aliphatic carbocycles. The molecule has 0 saturated heterocycles. The molecule has 2 N–H and O–H groups in total. The zero-order chi connectivity index (χ0) is 21.7. The first-order valence-electron chi connectivity index (χ1n) is 9.67. The van der Waals surface area contributed by atoms with E-state index in [0.717, 1.165) is 16.7 Å². The third kappa shape index (κ3) is 3.23. The van der Waals surface area contributed by atoms with E-state index in [1.807, 2.05) is 50.0 Å². The summed E-state index contributed by atoms with van der Waals surface area (Å²) in [7, 11) is 3.74. The minimum absolute atomic E-state index is 0.258. The maximum atomic E-state index is 13.0. The van der Waals surface area contributed by atoms with Gasteiger partial charge in [-0.3, -0.25) is 9.48 Å². The van der Waals surface area contributed by atoms with Gasteiger partial charge in [-0.2, -0.15) is 5.10 Å². The first kappa shape index (κ1) is 19.3. The number of fused-ring (bicyclic) bond motifs is 2. The molecular weight excluding hydrogens is 416 g/mol. The van der Waals surface area contributed by atoms with Crippen molar-refractivity contribution in [3.05, 3.63) is 59.4 Å². The summed E-state index contributed by atoms with van der Waals surface area (Å²) in [6.07, 6.45) is 6.80. The fraction of sp³-hybridized carbons (Fsp3) is 0.190. The van der Waals surface area contributed by atoms with Gasteiger partial charge in [-0.25, -0.2) is 15.0 Å². The highest BCUT2D eigenvalue weighted by atomic mass is 35.5. The molecule has 1 atom stereocenters. The van der Waals surface area contributed by atoms with E-state index in [1.54, 1.807) is 23.3 Å². The Balaban J connectivity index is 1.53. The third-order valence-electron chi connectivity index (χ3n) is 5.27. The standard InChI is InChI=1S/C21H19ClN8O/c1-11(20-23-6-7-29(20)2)26-21(31)14-9-24-19-18(14)27-15(10-25-19)17-13-5-4-12(22)8-16(13)30(3)28-17/h4-11H,1-3H3,(H,24,25)(H,26,31). The van der Waals surface area contributed by atoms with E-state index in [9.17, 15) is 4.79 Å². The number of H-pyrrole nitrogens is 1. The highest BCUT2D eigenvalue weighted by molar-refractivity contribution is 6.31. The van der Waals surface area contributed by atoms with Gasteiger partial charge in [0.05, 0.1) is 23.3 Å². The first-order chi connectivity index (χ1) is 14.9. The smallest absolute Gasteiger partial charge is 0.255 e. The largest absolute Gasteiger partial charge is 0.344 e. The van der Waals surface area contributed by atoms with Crippen molar-refractivity contribution >= 4 is 39.6 Å². The van der Waals surface area contributed by atoms with Crippen LogP contribution in [-0.2, 0) is 14.1 Å². The molecule has 1 unspecified atom stereocenters. The van der Waals surface area contributed by atoms with Gasteiger partial charge in [0, 0.05) is 43.1 Å². The number of halogens is 1. The highest BCUT2D eigenvalue weighted by Gasteiger charge is 2.20. The Kier molecular flexibility index (Phi) is 4.48. The van der Waals surface area contributed by atoms with Crippen molar-refractivity contribution in [2.75, 3.05) is 0 Å². The summed E-state index contributed by atoms with van der Waals surface area (Å²) < 4.78 is 3.62. The summed E-state index contributed by atoms with van der Waals surface area (Å²) in [5.74, 6) is 0.504. The maximum absolute atomic E-state index is 13.0. The number of rotatable bonds is 4. The number of aromatic nitrogens is 7. The molecule has 5 rings (SSSR count). The third-order valence-corrected chi connectivity index (χ3v) is 5.51. The number of hydrogen-bond donors (Lipinski definition) is 2. The first-order valence-corrected chi connectivity index (χ1v) is 10.0. The molecular formula is C21H19ClN8O. The minimum Gasteiger partial charge on any atom is -0.344 e. The molecule has 0 fully saturated rings. The number of nitrogens with zero attached hydrogens (tertiary/aromatic N) is 6. The fourth-order valence-corrected chi connectivity index (χ4v) is 3.90. The van der Waals surface area contributed by atoms with Gasteiger partial charge in [-0.05, 0) is 25.1 Å². The Bertz CT molecular complexity index is 1450. The Morgan fingerprint density at radius 2 is 2.10 bits per heavy atom. The van der Waals surface area contributed by atoms with Crippen LogP contribution in [-0.4, -0.2) is 40.2 Å². The number of aryl methyl sites for hydroxylation is 2. The SMILES string of the molecule is CC(NC(=O)c1c[nH]c2ncc(-c3nn(C)c4cc(Cl)ccc34)nc12)c1nccn1C. The predicted molar refractivity (Wildman–Crippen MR) is 118 cm³/mol. The topological polar surface area (TPSA) is 106 Å². The van der Waals surface area contributed by atoms with E-state index < -0.39 is 0 Å². The number of hydrogen-bond acceptors (Lipinski definition) is 5. The quantitative estimate of drug-likeness (QED) is 0.451. The number of imidazole rings is 1. The summed E-state index contributed by atoms with van der Waals surface area (Å²) >= 11 is 6.13. The zero-order valence-corrected chi connectivity index (χ0v) is 17.8. The van der Waals surface area contributed by atoms with Crippen LogP contribution in [0.2, 0.25) is 5.02 Å². The number of nitrogens with one attached hydrogen (secondary N) is 2. The van der Waals surface area contributed by atoms with Crippen LogP contribution in [0.15, 0.2) is 43.0 Å². The van der Waals surface area contributed by atoms with E-state index in [1.165, 1.54) is 0 Å². The van der Waals surface area contributed by atoms with Crippen molar-refractivity contribution in [2.24, 2.45) is 14.1 Å². The van der Waals surface area contributed by atoms with Gasteiger partial charge in [-0.15, -0.1) is 0 Å². The van der Waals surface area contributed by atoms with Crippen molar-refractivity contribution in [1.29, 1.82) is 0 Å². The van der Waals surface area contributed by atoms with E-state index in [0.29, 0.717) is 33.1 Å². The number of carbonyl (C=O) groups excluding carboxylic acids is 1. The van der Waals surface area contributed by atoms with Crippen LogP contribution < -0.4 is 5.32 Å². The Morgan fingerprint density at radius 3 is 2.87 bits per heavy atom. The lowest BCUT2D eigenvalue weighted by Crippen LogP contribution is -2.28. The molecule has 1 aromatic carbocycles. The molecule has 31 heavy (non-hydrogen) atoms. The highest BCUT2D eigenvalue weighted by Crippen LogP contribution is 2.29. The van der Waals surface area contributed by atoms with Crippen molar-refractivity contribution in [3.63, 3.8) is 0 Å². The Labute approximate surface area is 182 Å². The number of carbonyl (C=O) groups is 1. The molecule has 0 radical (unpaired) electrons. The molecule has 9 nitrogen and oxygen atoms in total. The lowest BCUT2D eigenvalue weighted by Gasteiger charge is -2.13. The lowest BCUT2D eigenvalue weighted by atomic mass is 10.1. The second kappa shape index (κ2) is 7.21. The van der Waals surface area contributed by atoms with Crippen LogP contribution >= 0.6 is 11.6 Å². The molecule has 5 aromatic rings. The maximum Gasteiger partial charge on any atom is 0.255 e. The molecule has 156 valence electrons. The molecule has 4 heterocycles. The van der Waals surface area contributed by atoms with Gasteiger partial charge in [0.2, 0.25) is 0 Å². The van der Waals surface area contributed by atoms with E-state index >= 15 is 0 Å². The van der Waals surface area contributed by atoms with Crippen molar-refractivity contribution in [3.8, 4) is 11.4 Å². The predicted octanol–water partition coefficient (Wildman–Crippen LogP) is 3.39. The van der Waals surface area contributed by atoms with Gasteiger partial charge in [-0.1, -0.05) is 11.6 Å². The molecule has 0 aliphatic rings. The van der Waals surface area contributed by atoms with Gasteiger partial charge >= 0.3 is 0 Å². The van der Waals surface area contributed by atoms with E-state index in [4.69, 9.17) is 16.6 Å².